The Balaban J connectivity index is 2.01. The molecule has 0 saturated heterocycles. The first-order chi connectivity index (χ1) is 5.66. The van der Waals surface area contributed by atoms with Crippen LogP contribution in [0.2, 0.25) is 0 Å². The van der Waals surface area contributed by atoms with Crippen LogP contribution in [-0.2, 0) is 0 Å². The van der Waals surface area contributed by atoms with Gasteiger partial charge in [0.25, 0.3) is 0 Å². The summed E-state index contributed by atoms with van der Waals surface area (Å²) in [5, 5.41) is 0. The maximum atomic E-state index is 2.46. The van der Waals surface area contributed by atoms with Gasteiger partial charge in [-0.05, 0) is 41.9 Å². The molecular formula is C12H22. The predicted molar refractivity (Wildman–Crippen MR) is 52.9 cm³/mol. The first kappa shape index (κ1) is 8.59. The molecule has 0 heterocycles. The van der Waals surface area contributed by atoms with Gasteiger partial charge in [-0.25, -0.2) is 0 Å². The highest BCUT2D eigenvalue weighted by Gasteiger charge is 2.59. The van der Waals surface area contributed by atoms with Gasteiger partial charge >= 0.3 is 0 Å². The first-order valence-corrected chi connectivity index (χ1v) is 5.66. The molecule has 2 rings (SSSR count). The average Bonchev–Trinajstić information content (AvgIpc) is 2.56. The molecule has 0 heteroatoms. The molecule has 0 N–H and O–H groups in total. The van der Waals surface area contributed by atoms with Gasteiger partial charge in [0.05, 0.1) is 0 Å². The molecule has 70 valence electrons. The summed E-state index contributed by atoms with van der Waals surface area (Å²) in [5.41, 5.74) is 0. The lowest BCUT2D eigenvalue weighted by Gasteiger charge is -2.21. The molecule has 0 spiro atoms. The van der Waals surface area contributed by atoms with Crippen LogP contribution >= 0.6 is 0 Å². The van der Waals surface area contributed by atoms with Crippen LogP contribution in [-0.4, -0.2) is 0 Å². The summed E-state index contributed by atoms with van der Waals surface area (Å²) in [5.74, 6) is 6.38. The maximum Gasteiger partial charge on any atom is -0.0321 e. The minimum Gasteiger partial charge on any atom is -0.0651 e. The molecule has 2 saturated carbocycles. The third-order valence-corrected chi connectivity index (χ3v) is 4.69. The van der Waals surface area contributed by atoms with Crippen LogP contribution < -0.4 is 0 Å². The minimum atomic E-state index is 0.979. The van der Waals surface area contributed by atoms with Crippen LogP contribution in [0.15, 0.2) is 0 Å². The quantitative estimate of drug-likeness (QED) is 0.588. The third kappa shape index (κ3) is 1.03. The monoisotopic (exact) mass is 166 g/mol. The zero-order valence-corrected chi connectivity index (χ0v) is 8.88. The highest BCUT2D eigenvalue weighted by molar-refractivity contribution is 5.07. The van der Waals surface area contributed by atoms with Crippen LogP contribution in [0, 0.1) is 35.5 Å². The molecule has 0 aromatic carbocycles. The Kier molecular flexibility index (Phi) is 1.97. The molecule has 2 fully saturated rings. The predicted octanol–water partition coefficient (Wildman–Crippen LogP) is 3.57. The summed E-state index contributed by atoms with van der Waals surface area (Å²) < 4.78 is 0. The van der Waals surface area contributed by atoms with Gasteiger partial charge < -0.3 is 0 Å². The van der Waals surface area contributed by atoms with Crippen molar-refractivity contribution in [2.75, 3.05) is 0 Å². The van der Waals surface area contributed by atoms with Crippen LogP contribution in [0.1, 0.15) is 40.5 Å². The molecule has 0 bridgehead atoms. The van der Waals surface area contributed by atoms with Crippen molar-refractivity contribution in [1.29, 1.82) is 0 Å². The fraction of sp³-hybridized carbons (Fsp3) is 1.00. The fourth-order valence-corrected chi connectivity index (χ4v) is 3.76. The van der Waals surface area contributed by atoms with Gasteiger partial charge in [0, 0.05) is 0 Å². The molecule has 0 nitrogen and oxygen atoms in total. The van der Waals surface area contributed by atoms with Crippen molar-refractivity contribution in [3.63, 3.8) is 0 Å². The standard InChI is InChI=1S/C12H22/c1-5-7(2)10-6-8(3)11-9(4)12(10)11/h7-12H,5-6H2,1-4H3. The number of hydrogen-bond acceptors (Lipinski definition) is 0. The Morgan fingerprint density at radius 2 is 1.92 bits per heavy atom. The number of hydrogen-bond donors (Lipinski definition) is 0. The van der Waals surface area contributed by atoms with Crippen LogP contribution in [0.4, 0.5) is 0 Å². The third-order valence-electron chi connectivity index (χ3n) is 4.69. The summed E-state index contributed by atoms with van der Waals surface area (Å²) >= 11 is 0. The fourth-order valence-electron chi connectivity index (χ4n) is 3.76. The summed E-state index contributed by atoms with van der Waals surface area (Å²) in [7, 11) is 0. The summed E-state index contributed by atoms with van der Waals surface area (Å²) in [4.78, 5) is 0. The van der Waals surface area contributed by atoms with Crippen molar-refractivity contribution < 1.29 is 0 Å². The van der Waals surface area contributed by atoms with E-state index in [2.05, 4.69) is 27.7 Å². The van der Waals surface area contributed by atoms with E-state index >= 15 is 0 Å². The lowest BCUT2D eigenvalue weighted by Crippen LogP contribution is -2.13. The molecule has 6 atom stereocenters. The zero-order valence-electron chi connectivity index (χ0n) is 8.88. The normalized spacial score (nSPS) is 53.5. The highest BCUT2D eigenvalue weighted by atomic mass is 14.6. The van der Waals surface area contributed by atoms with Crippen molar-refractivity contribution in [1.82, 2.24) is 0 Å². The van der Waals surface area contributed by atoms with Gasteiger partial charge in [-0.2, -0.15) is 0 Å². The molecule has 12 heavy (non-hydrogen) atoms. The van der Waals surface area contributed by atoms with E-state index in [4.69, 9.17) is 0 Å². The molecule has 0 aliphatic heterocycles. The molecule has 0 aromatic rings. The van der Waals surface area contributed by atoms with Crippen molar-refractivity contribution in [3.8, 4) is 0 Å². The number of rotatable bonds is 2. The highest BCUT2D eigenvalue weighted by Crippen LogP contribution is 2.64. The summed E-state index contributed by atoms with van der Waals surface area (Å²) in [6.07, 6.45) is 2.90. The van der Waals surface area contributed by atoms with E-state index in [1.165, 1.54) is 12.8 Å². The Morgan fingerprint density at radius 1 is 1.25 bits per heavy atom. The second-order valence-electron chi connectivity index (χ2n) is 5.28. The minimum absolute atomic E-state index is 0.979. The van der Waals surface area contributed by atoms with Crippen molar-refractivity contribution in [3.05, 3.63) is 0 Å². The zero-order chi connectivity index (χ0) is 8.88. The molecule has 2 aliphatic rings. The first-order valence-electron chi connectivity index (χ1n) is 5.66. The molecule has 2 aliphatic carbocycles. The van der Waals surface area contributed by atoms with Gasteiger partial charge in [-0.1, -0.05) is 34.1 Å². The van der Waals surface area contributed by atoms with Crippen LogP contribution in [0.3, 0.4) is 0 Å². The van der Waals surface area contributed by atoms with E-state index in [0.717, 1.165) is 35.5 Å². The molecule has 0 aromatic heterocycles. The molecule has 0 radical (unpaired) electrons. The van der Waals surface area contributed by atoms with E-state index in [1.54, 1.807) is 0 Å². The average molecular weight is 166 g/mol. The molecule has 6 unspecified atom stereocenters. The van der Waals surface area contributed by atoms with Crippen molar-refractivity contribution in [2.24, 2.45) is 35.5 Å². The van der Waals surface area contributed by atoms with E-state index in [9.17, 15) is 0 Å². The lowest BCUT2D eigenvalue weighted by atomic mass is 9.84. The molecule has 0 amide bonds. The SMILES string of the molecule is CCC(C)C1CC(C)C2C(C)C12. The maximum absolute atomic E-state index is 2.46. The topological polar surface area (TPSA) is 0 Å². The van der Waals surface area contributed by atoms with Crippen molar-refractivity contribution in [2.45, 2.75) is 40.5 Å². The lowest BCUT2D eigenvalue weighted by molar-refractivity contribution is 0.284. The molecular weight excluding hydrogens is 144 g/mol. The van der Waals surface area contributed by atoms with Gasteiger partial charge in [0.2, 0.25) is 0 Å². The summed E-state index contributed by atoms with van der Waals surface area (Å²) in [6, 6.07) is 0. The number of fused-ring (bicyclic) bond motifs is 1. The van der Waals surface area contributed by atoms with E-state index < -0.39 is 0 Å². The van der Waals surface area contributed by atoms with Gasteiger partial charge in [-0.15, -0.1) is 0 Å². The van der Waals surface area contributed by atoms with Gasteiger partial charge in [-0.3, -0.25) is 0 Å². The second kappa shape index (κ2) is 2.75. The van der Waals surface area contributed by atoms with E-state index in [-0.39, 0.29) is 0 Å². The van der Waals surface area contributed by atoms with E-state index in [0.29, 0.717) is 0 Å². The smallest absolute Gasteiger partial charge is 0.0321 e. The Labute approximate surface area is 76.7 Å². The Morgan fingerprint density at radius 3 is 2.33 bits per heavy atom. The van der Waals surface area contributed by atoms with Crippen molar-refractivity contribution >= 4 is 0 Å². The second-order valence-corrected chi connectivity index (χ2v) is 5.28. The van der Waals surface area contributed by atoms with E-state index in [1.807, 2.05) is 0 Å². The Hall–Kier alpha value is 0. The van der Waals surface area contributed by atoms with Crippen LogP contribution in [0.25, 0.3) is 0 Å². The van der Waals surface area contributed by atoms with Gasteiger partial charge in [0.1, 0.15) is 0 Å². The van der Waals surface area contributed by atoms with Crippen LogP contribution in [0.5, 0.6) is 0 Å². The van der Waals surface area contributed by atoms with Gasteiger partial charge in [0.15, 0.2) is 0 Å². The summed E-state index contributed by atoms with van der Waals surface area (Å²) in [6.45, 7) is 9.71. The largest absolute Gasteiger partial charge is 0.0651 e. The Bertz CT molecular complexity index is 173.